The summed E-state index contributed by atoms with van der Waals surface area (Å²) >= 11 is 0. The Labute approximate surface area is 193 Å². The van der Waals surface area contributed by atoms with Gasteiger partial charge in [0.2, 0.25) is 0 Å². The van der Waals surface area contributed by atoms with Gasteiger partial charge in [-0.05, 0) is 42.9 Å². The van der Waals surface area contributed by atoms with Crippen molar-refractivity contribution in [1.82, 2.24) is 0 Å². The highest BCUT2D eigenvalue weighted by molar-refractivity contribution is 7.90. The first kappa shape index (κ1) is 28.0. The number of ether oxygens (including phenoxy) is 1. The molecule has 0 aliphatic carbocycles. The lowest BCUT2D eigenvalue weighted by Crippen LogP contribution is -2.13. The summed E-state index contributed by atoms with van der Waals surface area (Å²) in [6.07, 6.45) is 21.0. The molecule has 0 aliphatic heterocycles. The molecule has 0 saturated carbocycles. The Morgan fingerprint density at radius 3 is 1.94 bits per heavy atom. The van der Waals surface area contributed by atoms with Gasteiger partial charge in [-0.3, -0.25) is 0 Å². The zero-order chi connectivity index (χ0) is 22.8. The minimum atomic E-state index is -2.89. The summed E-state index contributed by atoms with van der Waals surface area (Å²) in [5.74, 6) is 1.37. The monoisotopic (exact) mass is 452 g/mol. The van der Waals surface area contributed by atoms with Gasteiger partial charge < -0.3 is 4.74 Å². The van der Waals surface area contributed by atoms with Crippen molar-refractivity contribution in [2.45, 2.75) is 110 Å². The molecule has 1 aromatic carbocycles. The Morgan fingerprint density at radius 2 is 1.39 bits per heavy atom. The van der Waals surface area contributed by atoms with E-state index in [0.717, 1.165) is 12.2 Å². The van der Waals surface area contributed by atoms with Gasteiger partial charge in [-0.15, -0.1) is 0 Å². The Balaban J connectivity index is 2.05. The topological polar surface area (TPSA) is 43.4 Å². The Morgan fingerprint density at radius 1 is 0.839 bits per heavy atom. The van der Waals surface area contributed by atoms with Crippen LogP contribution in [0, 0.1) is 5.92 Å². The van der Waals surface area contributed by atoms with Crippen LogP contribution in [0.4, 0.5) is 0 Å². The summed E-state index contributed by atoms with van der Waals surface area (Å²) < 4.78 is 28.5. The zero-order valence-corrected chi connectivity index (χ0v) is 21.4. The maximum Gasteiger partial charge on any atom is 0.147 e. The highest BCUT2D eigenvalue weighted by atomic mass is 32.2. The fourth-order valence-electron chi connectivity index (χ4n) is 3.87. The normalized spacial score (nSPS) is 12.7. The molecule has 0 aliphatic rings. The second-order valence-electron chi connectivity index (χ2n) is 9.47. The molecule has 0 radical (unpaired) electrons. The molecule has 31 heavy (non-hydrogen) atoms. The van der Waals surface area contributed by atoms with E-state index in [1.807, 2.05) is 13.0 Å². The number of unbranched alkanes of at least 4 members (excludes halogenated alkanes) is 12. The number of hydrogen-bond acceptors (Lipinski definition) is 3. The predicted molar refractivity (Wildman–Crippen MR) is 135 cm³/mol. The molecule has 1 unspecified atom stereocenters. The van der Waals surface area contributed by atoms with E-state index < -0.39 is 9.84 Å². The van der Waals surface area contributed by atoms with Gasteiger partial charge in [-0.2, -0.15) is 0 Å². The molecule has 3 nitrogen and oxygen atoms in total. The van der Waals surface area contributed by atoms with Crippen molar-refractivity contribution < 1.29 is 13.2 Å². The van der Waals surface area contributed by atoms with Crippen LogP contribution in [-0.2, 0) is 16.3 Å². The third kappa shape index (κ3) is 17.2. The molecular weight excluding hydrogens is 404 g/mol. The van der Waals surface area contributed by atoms with Crippen molar-refractivity contribution in [1.29, 1.82) is 0 Å². The predicted octanol–water partition coefficient (Wildman–Crippen LogP) is 7.77. The first-order chi connectivity index (χ1) is 14.9. The van der Waals surface area contributed by atoms with Crippen molar-refractivity contribution in [3.8, 4) is 5.75 Å². The van der Waals surface area contributed by atoms with Gasteiger partial charge >= 0.3 is 0 Å². The van der Waals surface area contributed by atoms with Crippen molar-refractivity contribution >= 4 is 9.84 Å². The second-order valence-corrected chi connectivity index (χ2v) is 11.7. The molecule has 0 amide bonds. The van der Waals surface area contributed by atoms with E-state index in [4.69, 9.17) is 4.74 Å². The minimum Gasteiger partial charge on any atom is -0.493 e. The smallest absolute Gasteiger partial charge is 0.147 e. The quantitative estimate of drug-likeness (QED) is 0.190. The molecule has 1 atom stereocenters. The van der Waals surface area contributed by atoms with Crippen LogP contribution in [0.2, 0.25) is 0 Å². The molecule has 1 aromatic rings. The molecule has 0 spiro atoms. The summed E-state index contributed by atoms with van der Waals surface area (Å²) in [4.78, 5) is 0. The number of aryl methyl sites for hydroxylation is 1. The molecule has 0 N–H and O–H groups in total. The molecule has 4 heteroatoms. The van der Waals surface area contributed by atoms with Crippen LogP contribution >= 0.6 is 0 Å². The molecule has 0 fully saturated rings. The van der Waals surface area contributed by atoms with Crippen molar-refractivity contribution in [3.05, 3.63) is 29.8 Å². The van der Waals surface area contributed by atoms with Crippen LogP contribution in [0.25, 0.3) is 0 Å². The maximum atomic E-state index is 11.3. The molecule has 0 bridgehead atoms. The SMILES string of the molecule is CCCCCCCCCCCCCCCc1cccc(OCC(C)CCS(C)(=O)=O)c1. The van der Waals surface area contributed by atoms with E-state index in [2.05, 4.69) is 25.1 Å². The van der Waals surface area contributed by atoms with Crippen LogP contribution in [0.15, 0.2) is 24.3 Å². The van der Waals surface area contributed by atoms with E-state index in [1.165, 1.54) is 95.3 Å². The summed E-state index contributed by atoms with van der Waals surface area (Å²) in [7, 11) is -2.89. The molecule has 0 saturated heterocycles. The van der Waals surface area contributed by atoms with Crippen LogP contribution in [0.1, 0.15) is 109 Å². The van der Waals surface area contributed by atoms with E-state index in [1.54, 1.807) is 0 Å². The third-order valence-electron chi connectivity index (χ3n) is 5.98. The van der Waals surface area contributed by atoms with E-state index in [-0.39, 0.29) is 11.7 Å². The number of rotatable bonds is 20. The van der Waals surface area contributed by atoms with E-state index in [9.17, 15) is 8.42 Å². The number of hydrogen-bond donors (Lipinski definition) is 0. The number of benzene rings is 1. The van der Waals surface area contributed by atoms with Crippen molar-refractivity contribution in [2.24, 2.45) is 5.92 Å². The maximum absolute atomic E-state index is 11.3. The third-order valence-corrected chi connectivity index (χ3v) is 6.96. The van der Waals surface area contributed by atoms with Crippen molar-refractivity contribution in [3.63, 3.8) is 0 Å². The van der Waals surface area contributed by atoms with Gasteiger partial charge in [0, 0.05) is 6.26 Å². The second kappa shape index (κ2) is 17.5. The fraction of sp³-hybridized carbons (Fsp3) is 0.778. The average Bonchev–Trinajstić information content (AvgIpc) is 2.74. The van der Waals surface area contributed by atoms with Gasteiger partial charge in [0.1, 0.15) is 15.6 Å². The molecule has 0 aromatic heterocycles. The minimum absolute atomic E-state index is 0.233. The largest absolute Gasteiger partial charge is 0.493 e. The van der Waals surface area contributed by atoms with Crippen LogP contribution in [0.3, 0.4) is 0 Å². The van der Waals surface area contributed by atoms with Gasteiger partial charge in [0.05, 0.1) is 12.4 Å². The Kier molecular flexibility index (Phi) is 15.8. The highest BCUT2D eigenvalue weighted by Crippen LogP contribution is 2.18. The first-order valence-electron chi connectivity index (χ1n) is 12.8. The lowest BCUT2D eigenvalue weighted by Gasteiger charge is -2.13. The lowest BCUT2D eigenvalue weighted by atomic mass is 10.0. The number of sulfone groups is 1. The fourth-order valence-corrected chi connectivity index (χ4v) is 4.71. The first-order valence-corrected chi connectivity index (χ1v) is 14.9. The summed E-state index contributed by atoms with van der Waals surface area (Å²) in [5, 5.41) is 0. The van der Waals surface area contributed by atoms with Crippen LogP contribution in [0.5, 0.6) is 5.75 Å². The molecule has 0 heterocycles. The average molecular weight is 453 g/mol. The van der Waals surface area contributed by atoms with Gasteiger partial charge in [0.25, 0.3) is 0 Å². The summed E-state index contributed by atoms with van der Waals surface area (Å²) in [6.45, 7) is 4.89. The van der Waals surface area contributed by atoms with Gasteiger partial charge in [0.15, 0.2) is 0 Å². The lowest BCUT2D eigenvalue weighted by molar-refractivity contribution is 0.257. The van der Waals surface area contributed by atoms with Crippen LogP contribution in [-0.4, -0.2) is 27.0 Å². The van der Waals surface area contributed by atoms with Gasteiger partial charge in [-0.1, -0.05) is 103 Å². The van der Waals surface area contributed by atoms with Gasteiger partial charge in [-0.25, -0.2) is 8.42 Å². The molecule has 180 valence electrons. The molecular formula is C27H48O3S. The standard InChI is InChI=1S/C27H48O3S/c1-4-5-6-7-8-9-10-11-12-13-14-15-16-18-26-19-17-20-27(23-26)30-24-25(2)21-22-31(3,28)29/h17,19-20,23,25H,4-16,18,21-22,24H2,1-3H3. The highest BCUT2D eigenvalue weighted by Gasteiger charge is 2.09. The summed E-state index contributed by atoms with van der Waals surface area (Å²) in [6, 6.07) is 8.38. The zero-order valence-electron chi connectivity index (χ0n) is 20.5. The Hall–Kier alpha value is -1.03. The summed E-state index contributed by atoms with van der Waals surface area (Å²) in [5.41, 5.74) is 1.34. The van der Waals surface area contributed by atoms with E-state index in [0.29, 0.717) is 13.0 Å². The van der Waals surface area contributed by atoms with Crippen molar-refractivity contribution in [2.75, 3.05) is 18.6 Å². The molecule has 1 rings (SSSR count). The van der Waals surface area contributed by atoms with E-state index >= 15 is 0 Å². The Bertz CT molecular complexity index is 654. The van der Waals surface area contributed by atoms with Crippen LogP contribution < -0.4 is 4.74 Å².